The number of nitrogens with one attached hydrogen (secondary N) is 2. The van der Waals surface area contributed by atoms with Crippen molar-refractivity contribution >= 4 is 5.96 Å². The number of rotatable bonds is 2. The molecule has 4 N–H and O–H groups in total. The van der Waals surface area contributed by atoms with E-state index in [-0.39, 0.29) is 0 Å². The van der Waals surface area contributed by atoms with Gasteiger partial charge in [-0.1, -0.05) is 13.3 Å². The summed E-state index contributed by atoms with van der Waals surface area (Å²) in [6, 6.07) is 0.543. The lowest BCUT2D eigenvalue weighted by Gasteiger charge is -2.19. The molecule has 1 aliphatic rings. The van der Waals surface area contributed by atoms with Crippen molar-refractivity contribution < 1.29 is 0 Å². The summed E-state index contributed by atoms with van der Waals surface area (Å²) in [6.07, 6.45) is 3.84. The predicted octanol–water partition coefficient (Wildman–Crippen LogP) is 0.604. The van der Waals surface area contributed by atoms with E-state index in [9.17, 15) is 0 Å². The van der Waals surface area contributed by atoms with E-state index in [0.29, 0.717) is 6.04 Å². The van der Waals surface area contributed by atoms with Gasteiger partial charge in [0.1, 0.15) is 0 Å². The standard InChI is InChI=1S/C9H20N4/c1-3-11-9(13-10)12-8-6-4-5-7(8)2/h7-8H,3-6,10H2,1-2H3,(H2,11,12,13). The average Bonchev–Trinajstić information content (AvgIpc) is 2.51. The molecule has 0 amide bonds. The molecule has 2 atom stereocenters. The minimum Gasteiger partial charge on any atom is -0.352 e. The Kier molecular flexibility index (Phi) is 4.02. The maximum atomic E-state index is 5.34. The van der Waals surface area contributed by atoms with Gasteiger partial charge in [0, 0.05) is 12.6 Å². The number of hydrazine groups is 1. The van der Waals surface area contributed by atoms with Gasteiger partial charge < -0.3 is 5.32 Å². The quantitative estimate of drug-likeness (QED) is 0.255. The predicted molar refractivity (Wildman–Crippen MR) is 55.2 cm³/mol. The molecule has 0 spiro atoms. The summed E-state index contributed by atoms with van der Waals surface area (Å²) in [5.74, 6) is 6.79. The molecule has 0 aliphatic heterocycles. The van der Waals surface area contributed by atoms with Crippen LogP contribution in [0.1, 0.15) is 33.1 Å². The molecule has 0 heterocycles. The first-order valence-electron chi connectivity index (χ1n) is 5.05. The zero-order valence-electron chi connectivity index (χ0n) is 8.51. The third kappa shape index (κ3) is 2.88. The summed E-state index contributed by atoms with van der Waals surface area (Å²) in [7, 11) is 0. The molecule has 13 heavy (non-hydrogen) atoms. The van der Waals surface area contributed by atoms with Gasteiger partial charge in [0.25, 0.3) is 0 Å². The molecule has 0 radical (unpaired) electrons. The molecule has 0 aromatic heterocycles. The summed E-state index contributed by atoms with van der Waals surface area (Å²) < 4.78 is 0. The highest BCUT2D eigenvalue weighted by atomic mass is 15.3. The second-order valence-corrected chi connectivity index (χ2v) is 3.63. The molecule has 0 bridgehead atoms. The van der Waals surface area contributed by atoms with Crippen molar-refractivity contribution in [2.45, 2.75) is 39.2 Å². The van der Waals surface area contributed by atoms with Gasteiger partial charge in [-0.3, -0.25) is 10.4 Å². The zero-order valence-corrected chi connectivity index (χ0v) is 8.51. The molecule has 1 aliphatic carbocycles. The first-order valence-corrected chi connectivity index (χ1v) is 5.05. The summed E-state index contributed by atoms with van der Waals surface area (Å²) >= 11 is 0. The van der Waals surface area contributed by atoms with Crippen LogP contribution >= 0.6 is 0 Å². The fourth-order valence-corrected chi connectivity index (χ4v) is 1.83. The smallest absolute Gasteiger partial charge is 0.205 e. The zero-order chi connectivity index (χ0) is 9.68. The van der Waals surface area contributed by atoms with Crippen LogP contribution in [0, 0.1) is 5.92 Å². The number of aliphatic imine (C=N–C) groups is 1. The van der Waals surface area contributed by atoms with Crippen LogP contribution in [0.15, 0.2) is 4.99 Å². The van der Waals surface area contributed by atoms with Crippen molar-refractivity contribution in [1.82, 2.24) is 10.7 Å². The van der Waals surface area contributed by atoms with Crippen molar-refractivity contribution in [3.63, 3.8) is 0 Å². The van der Waals surface area contributed by atoms with Gasteiger partial charge in [0.15, 0.2) is 0 Å². The normalized spacial score (nSPS) is 29.0. The van der Waals surface area contributed by atoms with E-state index in [1.165, 1.54) is 19.3 Å². The number of guanidine groups is 1. The largest absolute Gasteiger partial charge is 0.352 e. The van der Waals surface area contributed by atoms with Crippen LogP contribution in [0.2, 0.25) is 0 Å². The van der Waals surface area contributed by atoms with E-state index in [1.54, 1.807) is 0 Å². The van der Waals surface area contributed by atoms with E-state index < -0.39 is 0 Å². The van der Waals surface area contributed by atoms with E-state index in [0.717, 1.165) is 18.4 Å². The Bertz CT molecular complexity index is 178. The molecule has 0 saturated heterocycles. The number of nitrogens with two attached hydrogens (primary N) is 1. The lowest BCUT2D eigenvalue weighted by Crippen LogP contribution is -2.47. The van der Waals surface area contributed by atoms with Gasteiger partial charge in [0.05, 0.1) is 0 Å². The molecule has 0 aromatic carbocycles. The van der Waals surface area contributed by atoms with Crippen LogP contribution in [0.4, 0.5) is 0 Å². The highest BCUT2D eigenvalue weighted by Gasteiger charge is 2.23. The fraction of sp³-hybridized carbons (Fsp3) is 0.889. The SMILES string of the molecule is CCN=C(NN)NC1CCCC1C. The van der Waals surface area contributed by atoms with Crippen LogP contribution in [0.5, 0.6) is 0 Å². The van der Waals surface area contributed by atoms with Crippen LogP contribution in [0.3, 0.4) is 0 Å². The van der Waals surface area contributed by atoms with E-state index in [1.807, 2.05) is 6.92 Å². The first kappa shape index (κ1) is 10.3. The Morgan fingerprint density at radius 2 is 2.31 bits per heavy atom. The summed E-state index contributed by atoms with van der Waals surface area (Å²) in [6.45, 7) is 5.02. The molecule has 76 valence electrons. The topological polar surface area (TPSA) is 62.4 Å². The summed E-state index contributed by atoms with van der Waals surface area (Å²) in [5, 5.41) is 3.33. The van der Waals surface area contributed by atoms with Gasteiger partial charge in [0.2, 0.25) is 5.96 Å². The second-order valence-electron chi connectivity index (χ2n) is 3.63. The third-order valence-electron chi connectivity index (χ3n) is 2.64. The van der Waals surface area contributed by atoms with Crippen molar-refractivity contribution in [3.8, 4) is 0 Å². The van der Waals surface area contributed by atoms with Gasteiger partial charge in [-0.15, -0.1) is 0 Å². The van der Waals surface area contributed by atoms with Crippen LogP contribution in [0.25, 0.3) is 0 Å². The Morgan fingerprint density at radius 1 is 1.54 bits per heavy atom. The highest BCUT2D eigenvalue weighted by Crippen LogP contribution is 2.24. The van der Waals surface area contributed by atoms with Gasteiger partial charge in [-0.25, -0.2) is 5.84 Å². The van der Waals surface area contributed by atoms with Crippen LogP contribution < -0.4 is 16.6 Å². The molecule has 1 fully saturated rings. The third-order valence-corrected chi connectivity index (χ3v) is 2.64. The van der Waals surface area contributed by atoms with E-state index >= 15 is 0 Å². The van der Waals surface area contributed by atoms with Gasteiger partial charge in [-0.05, 0) is 25.7 Å². The monoisotopic (exact) mass is 184 g/mol. The second kappa shape index (κ2) is 5.07. The molecule has 2 unspecified atom stereocenters. The maximum Gasteiger partial charge on any atom is 0.205 e. The summed E-state index contributed by atoms with van der Waals surface area (Å²) in [4.78, 5) is 4.21. The highest BCUT2D eigenvalue weighted by molar-refractivity contribution is 5.79. The Morgan fingerprint density at radius 3 is 2.77 bits per heavy atom. The van der Waals surface area contributed by atoms with Crippen molar-refractivity contribution in [2.24, 2.45) is 16.8 Å². The molecule has 4 nitrogen and oxygen atoms in total. The molecule has 1 rings (SSSR count). The lowest BCUT2D eigenvalue weighted by atomic mass is 10.1. The molecule has 0 aromatic rings. The molecule has 1 saturated carbocycles. The van der Waals surface area contributed by atoms with E-state index in [4.69, 9.17) is 5.84 Å². The minimum absolute atomic E-state index is 0.543. The average molecular weight is 184 g/mol. The van der Waals surface area contributed by atoms with Crippen LogP contribution in [-0.2, 0) is 0 Å². The molecular weight excluding hydrogens is 164 g/mol. The molecule has 4 heteroatoms. The van der Waals surface area contributed by atoms with Crippen LogP contribution in [-0.4, -0.2) is 18.5 Å². The maximum absolute atomic E-state index is 5.34. The minimum atomic E-state index is 0.543. The number of nitrogens with zero attached hydrogens (tertiary/aromatic N) is 1. The Hall–Kier alpha value is -0.770. The Balaban J connectivity index is 2.41. The van der Waals surface area contributed by atoms with Crippen molar-refractivity contribution in [1.29, 1.82) is 0 Å². The van der Waals surface area contributed by atoms with E-state index in [2.05, 4.69) is 22.7 Å². The first-order chi connectivity index (χ1) is 6.27. The number of hydrogen-bond donors (Lipinski definition) is 3. The fourth-order valence-electron chi connectivity index (χ4n) is 1.83. The summed E-state index contributed by atoms with van der Waals surface area (Å²) in [5.41, 5.74) is 2.59. The Labute approximate surface area is 80.0 Å². The number of hydrogen-bond acceptors (Lipinski definition) is 2. The van der Waals surface area contributed by atoms with Gasteiger partial charge >= 0.3 is 0 Å². The van der Waals surface area contributed by atoms with Crippen molar-refractivity contribution in [2.75, 3.05) is 6.54 Å². The van der Waals surface area contributed by atoms with Gasteiger partial charge in [-0.2, -0.15) is 0 Å². The lowest BCUT2D eigenvalue weighted by molar-refractivity contribution is 0.481. The molecular formula is C9H20N4. The van der Waals surface area contributed by atoms with Crippen molar-refractivity contribution in [3.05, 3.63) is 0 Å².